The summed E-state index contributed by atoms with van der Waals surface area (Å²) < 4.78 is 0. The Bertz CT molecular complexity index is 272. The van der Waals surface area contributed by atoms with Gasteiger partial charge in [-0.3, -0.25) is 0 Å². The van der Waals surface area contributed by atoms with Gasteiger partial charge in [0, 0.05) is 0 Å². The van der Waals surface area contributed by atoms with E-state index in [0.717, 1.165) is 0 Å². The molecule has 166 valence electrons. The molecule has 0 aliphatic heterocycles. The van der Waals surface area contributed by atoms with Crippen molar-refractivity contribution in [2.75, 3.05) is 18.5 Å². The maximum atomic E-state index is 6.32. The van der Waals surface area contributed by atoms with Gasteiger partial charge in [0.05, 0.1) is 0 Å². The molecular formula is C24H53PSSe. The Kier molecular flexibility index (Phi) is 26.4. The average Bonchev–Trinajstić information content (AvgIpc) is 2.64. The minimum atomic E-state index is -1.05. The first kappa shape index (κ1) is 30.4. The number of rotatable bonds is 21. The summed E-state index contributed by atoms with van der Waals surface area (Å²) in [6, 6.07) is -1.05. The van der Waals surface area contributed by atoms with E-state index in [9.17, 15) is 0 Å². The fraction of sp³-hybridized carbons (Fsp3) is 1.00. The quantitative estimate of drug-likeness (QED) is 0.0894. The van der Waals surface area contributed by atoms with Crippen molar-refractivity contribution in [3.63, 3.8) is 0 Å². The van der Waals surface area contributed by atoms with Gasteiger partial charge >= 0.3 is 17.1 Å². The second-order valence-corrected chi connectivity index (χ2v) is 14.3. The van der Waals surface area contributed by atoms with Crippen molar-refractivity contribution in [2.24, 2.45) is 0 Å². The van der Waals surface area contributed by atoms with Crippen LogP contribution in [0.25, 0.3) is 0 Å². The van der Waals surface area contributed by atoms with Crippen LogP contribution in [-0.4, -0.2) is 35.6 Å². The van der Waals surface area contributed by atoms with E-state index >= 15 is 0 Å². The molecule has 0 unspecified atom stereocenters. The van der Waals surface area contributed by atoms with Gasteiger partial charge < -0.3 is 0 Å². The van der Waals surface area contributed by atoms with E-state index in [0.29, 0.717) is 0 Å². The molecule has 0 aromatic rings. The summed E-state index contributed by atoms with van der Waals surface area (Å²) in [6.45, 7) is 6.92. The molecule has 0 atom stereocenters. The zero-order valence-corrected chi connectivity index (χ0v) is 23.0. The molecule has 3 heteroatoms. The summed E-state index contributed by atoms with van der Waals surface area (Å²) in [6.07, 6.45) is 29.8. The molecule has 0 aliphatic rings. The van der Waals surface area contributed by atoms with Gasteiger partial charge in [0.15, 0.2) is 0 Å². The molecule has 0 nitrogen and oxygen atoms in total. The van der Waals surface area contributed by atoms with Gasteiger partial charge in [-0.2, -0.15) is 0 Å². The van der Waals surface area contributed by atoms with Crippen LogP contribution in [0, 0.1) is 0 Å². The zero-order chi connectivity index (χ0) is 19.3. The third-order valence-electron chi connectivity index (χ3n) is 5.76. The van der Waals surface area contributed by atoms with Crippen molar-refractivity contribution in [3.05, 3.63) is 0 Å². The van der Waals surface area contributed by atoms with Gasteiger partial charge in [0.25, 0.3) is 0 Å². The molecule has 0 heterocycles. The summed E-state index contributed by atoms with van der Waals surface area (Å²) >= 11 is 6.32. The predicted molar refractivity (Wildman–Crippen MR) is 138 cm³/mol. The SMILES string of the molecule is CCCCCCCCP(=S)(CCCCCCCC)CCCCCCCC.[SeH2]. The summed E-state index contributed by atoms with van der Waals surface area (Å²) in [5.74, 6) is 0. The fourth-order valence-corrected chi connectivity index (χ4v) is 8.11. The van der Waals surface area contributed by atoms with Gasteiger partial charge in [-0.25, -0.2) is 0 Å². The van der Waals surface area contributed by atoms with E-state index in [1.807, 2.05) is 0 Å². The normalized spacial score (nSPS) is 11.5. The first-order valence-electron chi connectivity index (χ1n) is 12.3. The third kappa shape index (κ3) is 21.7. The number of hydrogen-bond donors (Lipinski definition) is 0. The van der Waals surface area contributed by atoms with Crippen LogP contribution in [-0.2, 0) is 11.8 Å². The van der Waals surface area contributed by atoms with Gasteiger partial charge in [0.1, 0.15) is 0 Å². The molecule has 27 heavy (non-hydrogen) atoms. The molecule has 0 saturated heterocycles. The van der Waals surface area contributed by atoms with Crippen LogP contribution < -0.4 is 0 Å². The summed E-state index contributed by atoms with van der Waals surface area (Å²) in [7, 11) is 0. The Morgan fingerprint density at radius 2 is 0.630 bits per heavy atom. The maximum absolute atomic E-state index is 6.32. The van der Waals surface area contributed by atoms with E-state index in [1.54, 1.807) is 0 Å². The minimum absolute atomic E-state index is 0. The van der Waals surface area contributed by atoms with Crippen LogP contribution >= 0.6 is 6.04 Å². The van der Waals surface area contributed by atoms with Crippen molar-refractivity contribution in [1.29, 1.82) is 0 Å². The fourth-order valence-electron chi connectivity index (χ4n) is 3.88. The van der Waals surface area contributed by atoms with Crippen LogP contribution in [0.3, 0.4) is 0 Å². The topological polar surface area (TPSA) is 0 Å². The Hall–Kier alpha value is 1.17. The second-order valence-electron chi connectivity index (χ2n) is 8.53. The van der Waals surface area contributed by atoms with Crippen LogP contribution in [0.4, 0.5) is 0 Å². The summed E-state index contributed by atoms with van der Waals surface area (Å²) in [4.78, 5) is 0. The molecule has 0 aliphatic carbocycles. The van der Waals surface area contributed by atoms with Crippen LogP contribution in [0.15, 0.2) is 0 Å². The van der Waals surface area contributed by atoms with Crippen molar-refractivity contribution >= 4 is 34.9 Å². The number of unbranched alkanes of at least 4 members (excludes halogenated alkanes) is 15. The molecule has 0 amide bonds. The molecule has 0 fully saturated rings. The van der Waals surface area contributed by atoms with E-state index in [-0.39, 0.29) is 17.1 Å². The van der Waals surface area contributed by atoms with E-state index in [2.05, 4.69) is 20.8 Å². The molecule has 0 rings (SSSR count). The average molecular weight is 484 g/mol. The van der Waals surface area contributed by atoms with Crippen molar-refractivity contribution in [1.82, 2.24) is 0 Å². The predicted octanol–water partition coefficient (Wildman–Crippen LogP) is 8.63. The molecule has 0 saturated carbocycles. The van der Waals surface area contributed by atoms with Crippen molar-refractivity contribution < 1.29 is 0 Å². The van der Waals surface area contributed by atoms with E-state index < -0.39 is 6.04 Å². The first-order chi connectivity index (χ1) is 12.7. The Morgan fingerprint density at radius 1 is 0.407 bits per heavy atom. The molecule has 0 bridgehead atoms. The molecular weight excluding hydrogens is 430 g/mol. The molecule has 0 N–H and O–H groups in total. The van der Waals surface area contributed by atoms with E-state index in [4.69, 9.17) is 11.8 Å². The molecule has 0 aromatic heterocycles. The standard InChI is InChI=1S/C24H51PS.H2Se/c1-4-7-10-13-16-19-22-25(26,23-20-17-14-11-8-5-2)24-21-18-15-12-9-6-3;/h4-24H2,1-3H3;1H2. The Labute approximate surface area is 189 Å². The van der Waals surface area contributed by atoms with Crippen LogP contribution in [0.1, 0.15) is 136 Å². The summed E-state index contributed by atoms with van der Waals surface area (Å²) in [5.41, 5.74) is 0. The van der Waals surface area contributed by atoms with E-state index in [1.165, 1.54) is 134 Å². The van der Waals surface area contributed by atoms with Crippen molar-refractivity contribution in [2.45, 2.75) is 136 Å². The van der Waals surface area contributed by atoms with Crippen LogP contribution in [0.5, 0.6) is 0 Å². The molecule has 0 radical (unpaired) electrons. The van der Waals surface area contributed by atoms with Gasteiger partial charge in [-0.1, -0.05) is 129 Å². The van der Waals surface area contributed by atoms with Crippen LogP contribution in [0.2, 0.25) is 0 Å². The Morgan fingerprint density at radius 3 is 0.889 bits per heavy atom. The second kappa shape index (κ2) is 23.4. The first-order valence-corrected chi connectivity index (χ1v) is 15.6. The summed E-state index contributed by atoms with van der Waals surface area (Å²) in [5, 5.41) is 0. The van der Waals surface area contributed by atoms with Gasteiger partial charge in [0.2, 0.25) is 0 Å². The Balaban J connectivity index is 0. The zero-order valence-electron chi connectivity index (χ0n) is 19.2. The third-order valence-corrected chi connectivity index (χ3v) is 10.8. The van der Waals surface area contributed by atoms with Gasteiger partial charge in [-0.15, -0.1) is 0 Å². The van der Waals surface area contributed by atoms with Crippen molar-refractivity contribution in [3.8, 4) is 0 Å². The number of hydrogen-bond acceptors (Lipinski definition) is 1. The van der Waals surface area contributed by atoms with Gasteiger partial charge in [-0.05, 0) is 43.8 Å². The molecule has 0 spiro atoms. The monoisotopic (exact) mass is 484 g/mol. The molecule has 0 aromatic carbocycles.